The zero-order valence-corrected chi connectivity index (χ0v) is 15.3. The van der Waals surface area contributed by atoms with Crippen molar-refractivity contribution in [2.24, 2.45) is 5.92 Å². The predicted octanol–water partition coefficient (Wildman–Crippen LogP) is 2.85. The summed E-state index contributed by atoms with van der Waals surface area (Å²) in [6, 6.07) is 5.11. The number of nitrogens with one attached hydrogen (secondary N) is 2. The lowest BCUT2D eigenvalue weighted by molar-refractivity contribution is 0.358. The molecule has 0 amide bonds. The first-order valence-electron chi connectivity index (χ1n) is 6.95. The molecule has 0 spiro atoms. The lowest BCUT2D eigenvalue weighted by Crippen LogP contribution is -2.33. The third-order valence-corrected chi connectivity index (χ3v) is 6.01. The molecule has 1 saturated heterocycles. The zero-order valence-electron chi connectivity index (χ0n) is 12.1. The molecule has 0 aromatic heterocycles. The quantitative estimate of drug-likeness (QED) is 0.803. The number of piperidine rings is 1. The van der Waals surface area contributed by atoms with Crippen molar-refractivity contribution in [2.45, 2.75) is 31.1 Å². The van der Waals surface area contributed by atoms with Crippen molar-refractivity contribution < 1.29 is 8.42 Å². The summed E-state index contributed by atoms with van der Waals surface area (Å²) in [4.78, 5) is 0.316. The van der Waals surface area contributed by atoms with E-state index in [9.17, 15) is 8.42 Å². The molecule has 2 rings (SSSR count). The van der Waals surface area contributed by atoms with Crippen molar-refractivity contribution in [1.29, 1.82) is 0 Å². The molecule has 1 aliphatic heterocycles. The second kappa shape index (κ2) is 8.48. The summed E-state index contributed by atoms with van der Waals surface area (Å²) in [6.45, 7) is 4.52. The van der Waals surface area contributed by atoms with Gasteiger partial charge in [0, 0.05) is 11.0 Å². The number of aryl methyl sites for hydroxylation is 1. The fourth-order valence-corrected chi connectivity index (χ4v) is 4.00. The molecule has 2 N–H and O–H groups in total. The van der Waals surface area contributed by atoms with Gasteiger partial charge in [-0.1, -0.05) is 22.0 Å². The summed E-state index contributed by atoms with van der Waals surface area (Å²) < 4.78 is 27.9. The van der Waals surface area contributed by atoms with E-state index in [0.29, 0.717) is 17.4 Å². The van der Waals surface area contributed by atoms with E-state index in [1.807, 2.05) is 13.0 Å². The first kappa shape index (κ1) is 18.9. The van der Waals surface area contributed by atoms with Gasteiger partial charge in [-0.25, -0.2) is 13.1 Å². The van der Waals surface area contributed by atoms with Crippen molar-refractivity contribution >= 4 is 38.4 Å². The van der Waals surface area contributed by atoms with Gasteiger partial charge < -0.3 is 5.32 Å². The smallest absolute Gasteiger partial charge is 0.240 e. The molecule has 21 heavy (non-hydrogen) atoms. The van der Waals surface area contributed by atoms with Crippen LogP contribution in [0.15, 0.2) is 27.6 Å². The average molecular weight is 398 g/mol. The van der Waals surface area contributed by atoms with Crippen LogP contribution >= 0.6 is 28.3 Å². The Balaban J connectivity index is 0.00000220. The van der Waals surface area contributed by atoms with E-state index in [4.69, 9.17) is 0 Å². The lowest BCUT2D eigenvalue weighted by Gasteiger charge is -2.22. The first-order valence-corrected chi connectivity index (χ1v) is 9.23. The van der Waals surface area contributed by atoms with Gasteiger partial charge in [-0.05, 0) is 62.9 Å². The van der Waals surface area contributed by atoms with E-state index in [2.05, 4.69) is 26.0 Å². The molecule has 1 aliphatic rings. The third-order valence-electron chi connectivity index (χ3n) is 3.70. The molecule has 1 heterocycles. The highest BCUT2D eigenvalue weighted by Crippen LogP contribution is 2.20. The van der Waals surface area contributed by atoms with Crippen LogP contribution < -0.4 is 10.0 Å². The van der Waals surface area contributed by atoms with Gasteiger partial charge >= 0.3 is 0 Å². The average Bonchev–Trinajstić information content (AvgIpc) is 2.43. The number of rotatable bonds is 5. The van der Waals surface area contributed by atoms with E-state index >= 15 is 0 Å². The van der Waals surface area contributed by atoms with Crippen LogP contribution in [0.25, 0.3) is 0 Å². The molecule has 0 bridgehead atoms. The Morgan fingerprint density at radius 2 is 2.19 bits per heavy atom. The minimum atomic E-state index is -3.40. The molecular formula is C14H22BrClN2O2S. The fourth-order valence-electron chi connectivity index (χ4n) is 2.39. The van der Waals surface area contributed by atoms with Crippen LogP contribution in [0, 0.1) is 12.8 Å². The number of hydrogen-bond donors (Lipinski definition) is 2. The summed E-state index contributed by atoms with van der Waals surface area (Å²) in [5.74, 6) is 0.580. The Bertz CT molecular complexity index is 560. The standard InChI is InChI=1S/C14H21BrN2O2S.ClH/c1-11-4-5-13(9-14(11)15)20(18,19)17-8-6-12-3-2-7-16-10-12;/h4-5,9,12,16-17H,2-3,6-8,10H2,1H3;1H. The van der Waals surface area contributed by atoms with Crippen LogP contribution in [-0.2, 0) is 10.0 Å². The Kier molecular flexibility index (Phi) is 7.64. The highest BCUT2D eigenvalue weighted by molar-refractivity contribution is 9.10. The maximum atomic E-state index is 12.2. The molecule has 7 heteroatoms. The van der Waals surface area contributed by atoms with Gasteiger partial charge in [0.15, 0.2) is 0 Å². The predicted molar refractivity (Wildman–Crippen MR) is 91.5 cm³/mol. The second-order valence-corrected chi connectivity index (χ2v) is 7.93. The van der Waals surface area contributed by atoms with Crippen molar-refractivity contribution in [1.82, 2.24) is 10.0 Å². The molecule has 0 saturated carbocycles. The SMILES string of the molecule is Cc1ccc(S(=O)(=O)NCCC2CCCNC2)cc1Br.Cl. The maximum Gasteiger partial charge on any atom is 0.240 e. The monoisotopic (exact) mass is 396 g/mol. The van der Waals surface area contributed by atoms with Gasteiger partial charge in [0.05, 0.1) is 4.90 Å². The van der Waals surface area contributed by atoms with Crippen molar-refractivity contribution in [3.63, 3.8) is 0 Å². The molecule has 1 unspecified atom stereocenters. The van der Waals surface area contributed by atoms with Crippen LogP contribution in [0.1, 0.15) is 24.8 Å². The molecular weight excluding hydrogens is 376 g/mol. The van der Waals surface area contributed by atoms with Crippen LogP contribution in [0.4, 0.5) is 0 Å². The Morgan fingerprint density at radius 3 is 2.81 bits per heavy atom. The highest BCUT2D eigenvalue weighted by Gasteiger charge is 2.17. The van der Waals surface area contributed by atoms with E-state index in [0.717, 1.165) is 29.5 Å². The van der Waals surface area contributed by atoms with E-state index in [-0.39, 0.29) is 12.4 Å². The Morgan fingerprint density at radius 1 is 1.43 bits per heavy atom. The van der Waals surface area contributed by atoms with Gasteiger partial charge in [-0.15, -0.1) is 12.4 Å². The van der Waals surface area contributed by atoms with Crippen molar-refractivity contribution in [2.75, 3.05) is 19.6 Å². The van der Waals surface area contributed by atoms with Gasteiger partial charge in [-0.2, -0.15) is 0 Å². The van der Waals surface area contributed by atoms with Crippen LogP contribution in [-0.4, -0.2) is 28.1 Å². The minimum Gasteiger partial charge on any atom is -0.316 e. The Labute approximate surface area is 141 Å². The minimum absolute atomic E-state index is 0. The normalized spacial score (nSPS) is 19.0. The number of hydrogen-bond acceptors (Lipinski definition) is 3. The third kappa shape index (κ3) is 5.53. The molecule has 0 radical (unpaired) electrons. The Hall–Kier alpha value is -0.140. The van der Waals surface area contributed by atoms with Gasteiger partial charge in [-0.3, -0.25) is 0 Å². The molecule has 120 valence electrons. The van der Waals surface area contributed by atoms with Gasteiger partial charge in [0.1, 0.15) is 0 Å². The van der Waals surface area contributed by atoms with E-state index in [1.54, 1.807) is 12.1 Å². The highest BCUT2D eigenvalue weighted by atomic mass is 79.9. The van der Waals surface area contributed by atoms with E-state index < -0.39 is 10.0 Å². The molecule has 1 atom stereocenters. The second-order valence-electron chi connectivity index (χ2n) is 5.31. The topological polar surface area (TPSA) is 58.2 Å². The number of benzene rings is 1. The molecule has 1 fully saturated rings. The largest absolute Gasteiger partial charge is 0.316 e. The molecule has 1 aromatic rings. The molecule has 0 aliphatic carbocycles. The summed E-state index contributed by atoms with van der Waals surface area (Å²) in [6.07, 6.45) is 3.26. The van der Waals surface area contributed by atoms with Gasteiger partial charge in [0.2, 0.25) is 10.0 Å². The summed E-state index contributed by atoms with van der Waals surface area (Å²) in [7, 11) is -3.40. The summed E-state index contributed by atoms with van der Waals surface area (Å²) in [5, 5.41) is 3.34. The lowest BCUT2D eigenvalue weighted by atomic mass is 9.96. The molecule has 1 aromatic carbocycles. The fraction of sp³-hybridized carbons (Fsp3) is 0.571. The van der Waals surface area contributed by atoms with Crippen LogP contribution in [0.5, 0.6) is 0 Å². The van der Waals surface area contributed by atoms with Crippen LogP contribution in [0.3, 0.4) is 0 Å². The van der Waals surface area contributed by atoms with Crippen molar-refractivity contribution in [3.8, 4) is 0 Å². The number of sulfonamides is 1. The summed E-state index contributed by atoms with van der Waals surface area (Å²) >= 11 is 3.37. The maximum absolute atomic E-state index is 12.2. The first-order chi connectivity index (χ1) is 9.49. The molecule has 4 nitrogen and oxygen atoms in total. The summed E-state index contributed by atoms with van der Waals surface area (Å²) in [5.41, 5.74) is 1.03. The van der Waals surface area contributed by atoms with Crippen molar-refractivity contribution in [3.05, 3.63) is 28.2 Å². The van der Waals surface area contributed by atoms with Gasteiger partial charge in [0.25, 0.3) is 0 Å². The zero-order chi connectivity index (χ0) is 14.6. The van der Waals surface area contributed by atoms with E-state index in [1.165, 1.54) is 12.8 Å². The van der Waals surface area contributed by atoms with Crippen LogP contribution in [0.2, 0.25) is 0 Å². The number of halogens is 2.